The van der Waals surface area contributed by atoms with E-state index in [2.05, 4.69) is 107 Å². The van der Waals surface area contributed by atoms with Gasteiger partial charge in [0.2, 0.25) is 5.91 Å². The molecule has 0 atom stereocenters. The number of rotatable bonds is 9. The van der Waals surface area contributed by atoms with Crippen LogP contribution in [0.2, 0.25) is 0 Å². The molecule has 3 amide bonds. The fourth-order valence-electron chi connectivity index (χ4n) is 15.4. The molecule has 3 fully saturated rings. The van der Waals surface area contributed by atoms with Gasteiger partial charge in [-0.05, 0) is 212 Å². The molecule has 19 heteroatoms. The van der Waals surface area contributed by atoms with Crippen molar-refractivity contribution >= 4 is 104 Å². The largest absolute Gasteiger partial charge is 0.482 e. The Bertz CT molecular complexity index is 4080. The highest BCUT2D eigenvalue weighted by Crippen LogP contribution is 2.43. The number of carbonyl (C=O) groups excluding carboxylic acids is 3. The molecule has 0 radical (unpaired) electrons. The number of hydrogen-bond donors (Lipinski definition) is 8. The van der Waals surface area contributed by atoms with Crippen LogP contribution in [0.15, 0.2) is 88.9 Å². The number of fused-ring (bicyclic) bond motifs is 6. The van der Waals surface area contributed by atoms with E-state index in [-0.39, 0.29) is 30.1 Å². The number of nitrogens with zero attached hydrogens (tertiary/aromatic N) is 3. The second-order valence-electron chi connectivity index (χ2n) is 27.0. The summed E-state index contributed by atoms with van der Waals surface area (Å²) in [7, 11) is 2.71. The van der Waals surface area contributed by atoms with Gasteiger partial charge < -0.3 is 46.1 Å². The van der Waals surface area contributed by atoms with Gasteiger partial charge in [-0.3, -0.25) is 14.4 Å². The van der Waals surface area contributed by atoms with E-state index >= 15 is 0 Å². The Hall–Kier alpha value is -7.71. The first-order valence-corrected chi connectivity index (χ1v) is 37.8. The van der Waals surface area contributed by atoms with Crippen LogP contribution in [0.5, 0.6) is 5.88 Å². The van der Waals surface area contributed by atoms with Crippen LogP contribution >= 0.6 is 46.4 Å². The van der Waals surface area contributed by atoms with E-state index in [0.29, 0.717) is 24.2 Å². The maximum atomic E-state index is 12.7. The first-order chi connectivity index (χ1) is 47.2. The topological polar surface area (TPSA) is 215 Å². The van der Waals surface area contributed by atoms with Crippen molar-refractivity contribution in [1.82, 2.24) is 35.2 Å². The minimum Gasteiger partial charge on any atom is -0.482 e. The zero-order valence-electron chi connectivity index (χ0n) is 55.7. The Labute approximate surface area is 587 Å². The number of aryl methyl sites for hydroxylation is 6. The lowest BCUT2D eigenvalue weighted by molar-refractivity contribution is -0.115. The maximum absolute atomic E-state index is 12.7. The zero-order chi connectivity index (χ0) is 65.5. The summed E-state index contributed by atoms with van der Waals surface area (Å²) in [4.78, 5) is 62.0. The van der Waals surface area contributed by atoms with Crippen LogP contribution in [-0.2, 0) is 59.3 Å². The number of aliphatic hydroxyl groups is 1. The normalized spacial score (nSPS) is 18.7. The van der Waals surface area contributed by atoms with Crippen molar-refractivity contribution in [2.75, 3.05) is 43.3 Å². The number of piperidine rings is 1. The number of carbonyl (C=O) groups is 3. The highest BCUT2D eigenvalue weighted by Gasteiger charge is 2.30. The van der Waals surface area contributed by atoms with Crippen LogP contribution in [0, 0.1) is 0 Å². The average molecular weight is 1380 g/mol. The quantitative estimate of drug-likeness (QED) is 0.0645. The Balaban J connectivity index is 0.000000121. The van der Waals surface area contributed by atoms with Gasteiger partial charge in [0.25, 0.3) is 11.8 Å². The number of aromatic amines is 3. The molecule has 0 unspecified atom stereocenters. The molecular weight excluding hydrogens is 1290 g/mol. The van der Waals surface area contributed by atoms with Gasteiger partial charge >= 0.3 is 0 Å². The number of H-pyrrole nitrogens is 3. The number of hydrogen-bond acceptors (Lipinski definition) is 12. The van der Waals surface area contributed by atoms with Crippen molar-refractivity contribution in [3.8, 4) is 39.7 Å². The van der Waals surface area contributed by atoms with Crippen LogP contribution in [0.4, 0.5) is 17.1 Å². The summed E-state index contributed by atoms with van der Waals surface area (Å²) in [6.45, 7) is 2.14. The molecule has 506 valence electrons. The smallest absolute Gasteiger partial charge is 0.256 e. The molecule has 1 saturated heterocycles. The number of benzene rings is 3. The number of nitrogens with one attached hydrogen (secondary N) is 7. The predicted octanol–water partition coefficient (Wildman–Crippen LogP) is 17.8. The van der Waals surface area contributed by atoms with Gasteiger partial charge in [-0.1, -0.05) is 56.7 Å². The predicted molar refractivity (Wildman–Crippen MR) is 399 cm³/mol. The zero-order valence-corrected chi connectivity index (χ0v) is 59.0. The number of anilines is 3. The lowest BCUT2D eigenvalue weighted by Crippen LogP contribution is -2.26. The van der Waals surface area contributed by atoms with Gasteiger partial charge in [0.15, 0.2) is 5.88 Å². The number of halogens is 1. The molecule has 0 bridgehead atoms. The monoisotopic (exact) mass is 1380 g/mol. The summed E-state index contributed by atoms with van der Waals surface area (Å²) in [5, 5.41) is 29.6. The van der Waals surface area contributed by atoms with Crippen molar-refractivity contribution in [3.63, 3.8) is 0 Å². The highest BCUT2D eigenvalue weighted by atomic mass is 35.5. The molecule has 5 aliphatic carbocycles. The molecule has 18 rings (SSSR count). The van der Waals surface area contributed by atoms with E-state index in [1.807, 2.05) is 30.4 Å². The standard InChI is InChI=1S/C26H27N3OS.C25H26N4OS.C17H18N2OS.C9H13NO.CH4O.ClH/c30-25-21(14-19-12-17-8-4-5-9-22(17)27-19)20-13-18(10-11-23(20)28-25)24-15-31-26(29-24)16-6-2-1-3-7-16;30-24-20(13-18-11-16-3-1-2-4-21(16)27-18)19-12-17(5-6-22(19)28-24)23-14-31-25(29-23)15-7-9-26-10-8-15;20-16-9-13-8-12(6-7-14(13)18-16)15-10-21-17(19-15)11-4-2-1-3-5-11;1-11-9-6-7-4-2-3-5-8(7)10-9;1-2;/h10-16,27H,1-9H2,(H,28,30);5-6,11-15,26-27H,1-4,7-10H2,(H,28,30);6-8,10-11H,1-5,9H2,(H,18,20);6,10H,2-5H2,1H3;2H,1H3;1H/b21-14-;20-13-;;;;. The summed E-state index contributed by atoms with van der Waals surface area (Å²) in [5.41, 5.74) is 24.0. The van der Waals surface area contributed by atoms with E-state index in [4.69, 9.17) is 24.8 Å². The molecule has 9 aromatic rings. The third kappa shape index (κ3) is 15.6. The number of ether oxygens (including phenoxy) is 1. The minimum absolute atomic E-state index is 0. The van der Waals surface area contributed by atoms with Crippen LogP contribution in [0.3, 0.4) is 0 Å². The summed E-state index contributed by atoms with van der Waals surface area (Å²) >= 11 is 5.34. The van der Waals surface area contributed by atoms with Crippen LogP contribution in [0.1, 0.15) is 210 Å². The SMILES string of the molecule is CO.COc1cc2c([nH]1)CCCC2.Cl.O=C1Cc2cc(-c3csc(C4CCCCC4)n3)ccc2N1.O=C1Nc2ccc(-c3csc(C4CCCCC4)n3)cc2/C1=C/c1cc2c([nH]1)CCCC2.O=C1Nc2ccc(-c3csc(C4CCNCC4)n3)cc2/C1=C/c1cc2c([nH]1)CCCC2. The first kappa shape index (κ1) is 67.8. The fourth-order valence-corrected chi connectivity index (χ4v) is 18.4. The number of aliphatic hydroxyl groups excluding tert-OH is 1. The summed E-state index contributed by atoms with van der Waals surface area (Å²) in [6, 6.07) is 25.1. The Morgan fingerprint density at radius 3 is 1.31 bits per heavy atom. The molecule has 6 aromatic heterocycles. The molecular formula is C78H89ClN10O5S3. The van der Waals surface area contributed by atoms with Gasteiger partial charge in [-0.25, -0.2) is 15.0 Å². The Morgan fingerprint density at radius 2 is 0.866 bits per heavy atom. The molecule has 0 spiro atoms. The fraction of sp³-hybridized carbons (Fsp3) is 0.410. The van der Waals surface area contributed by atoms with Crippen LogP contribution in [0.25, 0.3) is 57.1 Å². The van der Waals surface area contributed by atoms with Crippen molar-refractivity contribution in [3.05, 3.63) is 166 Å². The molecule has 4 aliphatic heterocycles. The van der Waals surface area contributed by atoms with Gasteiger partial charge in [-0.2, -0.15) is 0 Å². The van der Waals surface area contributed by atoms with Crippen molar-refractivity contribution < 1.29 is 24.2 Å². The van der Waals surface area contributed by atoms with E-state index in [9.17, 15) is 14.4 Å². The maximum Gasteiger partial charge on any atom is 0.256 e. The average Bonchev–Trinajstić information content (AvgIpc) is 1.65. The molecule has 9 aliphatic rings. The van der Waals surface area contributed by atoms with E-state index in [1.54, 1.807) is 41.1 Å². The highest BCUT2D eigenvalue weighted by molar-refractivity contribution is 7.10. The molecule has 10 heterocycles. The molecule has 3 aromatic carbocycles. The minimum atomic E-state index is -0.0339. The second-order valence-corrected chi connectivity index (χ2v) is 29.6. The van der Waals surface area contributed by atoms with Crippen LogP contribution < -0.4 is 26.0 Å². The molecule has 97 heavy (non-hydrogen) atoms. The lowest BCUT2D eigenvalue weighted by Gasteiger charge is -2.20. The Morgan fingerprint density at radius 1 is 0.454 bits per heavy atom. The molecule has 2 saturated carbocycles. The van der Waals surface area contributed by atoms with Crippen LogP contribution in [-0.4, -0.2) is 80.0 Å². The number of amides is 3. The third-order valence-corrected chi connectivity index (χ3v) is 23.6. The van der Waals surface area contributed by atoms with Gasteiger partial charge in [0.1, 0.15) is 0 Å². The molecule has 8 N–H and O–H groups in total. The summed E-state index contributed by atoms with van der Waals surface area (Å²) in [6.07, 6.45) is 34.5. The summed E-state index contributed by atoms with van der Waals surface area (Å²) in [5.74, 6) is 2.79. The number of methoxy groups -OCH3 is 1. The Kier molecular flexibility index (Phi) is 22.0. The summed E-state index contributed by atoms with van der Waals surface area (Å²) < 4.78 is 5.11. The first-order valence-electron chi connectivity index (χ1n) is 35.2. The lowest BCUT2D eigenvalue weighted by atomic mass is 9.90. The third-order valence-electron chi connectivity index (χ3n) is 20.6. The van der Waals surface area contributed by atoms with Crippen molar-refractivity contribution in [2.45, 2.75) is 178 Å². The van der Waals surface area contributed by atoms with Gasteiger partial charge in [-0.15, -0.1) is 46.4 Å². The number of thiazole rings is 3. The van der Waals surface area contributed by atoms with E-state index in [1.165, 1.54) is 164 Å². The molecule has 15 nitrogen and oxygen atoms in total. The van der Waals surface area contributed by atoms with Gasteiger partial charge in [0.05, 0.1) is 56.8 Å². The van der Waals surface area contributed by atoms with E-state index < -0.39 is 0 Å². The van der Waals surface area contributed by atoms with Gasteiger partial charge in [0, 0.05) is 120 Å². The second kappa shape index (κ2) is 31.4. The number of aromatic nitrogens is 6. The van der Waals surface area contributed by atoms with Crippen molar-refractivity contribution in [1.29, 1.82) is 0 Å². The van der Waals surface area contributed by atoms with E-state index in [0.717, 1.165) is 155 Å². The van der Waals surface area contributed by atoms with Crippen molar-refractivity contribution in [2.24, 2.45) is 0 Å².